The predicted molar refractivity (Wildman–Crippen MR) is 81.0 cm³/mol. The van der Waals surface area contributed by atoms with Crippen LogP contribution in [0.25, 0.3) is 0 Å². The fraction of sp³-hybridized carbons (Fsp3) is 0.750. The van der Waals surface area contributed by atoms with Crippen molar-refractivity contribution in [2.75, 3.05) is 13.2 Å². The molecule has 2 atom stereocenters. The van der Waals surface area contributed by atoms with Crippen LogP contribution in [-0.2, 0) is 28.8 Å². The maximum absolute atomic E-state index is 11.6. The second-order valence-electron chi connectivity index (χ2n) is 7.04. The summed E-state index contributed by atoms with van der Waals surface area (Å²) in [6, 6.07) is 0. The molecule has 0 aromatic heterocycles. The van der Waals surface area contributed by atoms with E-state index in [0.717, 1.165) is 6.42 Å². The normalized spacial score (nSPS) is 15.7. The van der Waals surface area contributed by atoms with E-state index >= 15 is 0 Å². The molecular formula is C16H26O7. The van der Waals surface area contributed by atoms with Crippen molar-refractivity contribution in [3.63, 3.8) is 0 Å². The fourth-order valence-corrected chi connectivity index (χ4v) is 2.08. The second kappa shape index (κ2) is 8.08. The van der Waals surface area contributed by atoms with Crippen LogP contribution in [0.3, 0.4) is 0 Å². The lowest BCUT2D eigenvalue weighted by atomic mass is 9.86. The molecule has 132 valence electrons. The van der Waals surface area contributed by atoms with Crippen molar-refractivity contribution in [3.05, 3.63) is 11.5 Å². The van der Waals surface area contributed by atoms with Crippen molar-refractivity contribution >= 4 is 12.1 Å². The molecule has 0 aromatic carbocycles. The van der Waals surface area contributed by atoms with Gasteiger partial charge in [-0.2, -0.15) is 0 Å². The minimum absolute atomic E-state index is 0.0808. The molecule has 0 aromatic rings. The molecule has 0 spiro atoms. The first-order valence-corrected chi connectivity index (χ1v) is 7.64. The van der Waals surface area contributed by atoms with Crippen LogP contribution < -0.4 is 0 Å². The van der Waals surface area contributed by atoms with Crippen molar-refractivity contribution in [1.82, 2.24) is 0 Å². The number of hydrogen-bond acceptors (Lipinski definition) is 7. The number of carbonyl (C=O) groups excluding carboxylic acids is 2. The first kappa shape index (κ1) is 19.1. The summed E-state index contributed by atoms with van der Waals surface area (Å²) in [5, 5.41) is 0. The summed E-state index contributed by atoms with van der Waals surface area (Å²) in [6.45, 7) is 11.8. The van der Waals surface area contributed by atoms with Crippen LogP contribution in [0.5, 0.6) is 0 Å². The van der Waals surface area contributed by atoms with Gasteiger partial charge < -0.3 is 14.2 Å². The SMILES string of the molecule is CC(C(=O)OC(C)COC(=O)OCC(C)CC(C)(C)C)=C1OO1. The molecule has 7 nitrogen and oxygen atoms in total. The topological polar surface area (TPSA) is 86.9 Å². The highest BCUT2D eigenvalue weighted by atomic mass is 17.4. The van der Waals surface area contributed by atoms with Gasteiger partial charge in [0.15, 0.2) is 0 Å². The van der Waals surface area contributed by atoms with E-state index in [-0.39, 0.29) is 29.5 Å². The zero-order valence-corrected chi connectivity index (χ0v) is 14.6. The Morgan fingerprint density at radius 1 is 1.09 bits per heavy atom. The Kier molecular flexibility index (Phi) is 6.72. The maximum Gasteiger partial charge on any atom is 0.508 e. The number of esters is 1. The van der Waals surface area contributed by atoms with Gasteiger partial charge in [-0.05, 0) is 31.6 Å². The predicted octanol–water partition coefficient (Wildman–Crippen LogP) is 3.34. The first-order valence-electron chi connectivity index (χ1n) is 7.64. The van der Waals surface area contributed by atoms with E-state index in [1.165, 1.54) is 6.92 Å². The monoisotopic (exact) mass is 330 g/mol. The molecule has 0 radical (unpaired) electrons. The van der Waals surface area contributed by atoms with Crippen LogP contribution in [0.2, 0.25) is 0 Å². The molecular weight excluding hydrogens is 304 g/mol. The van der Waals surface area contributed by atoms with E-state index in [2.05, 4.69) is 30.5 Å². The summed E-state index contributed by atoms with van der Waals surface area (Å²) in [7, 11) is 0. The fourth-order valence-electron chi connectivity index (χ4n) is 2.08. The summed E-state index contributed by atoms with van der Waals surface area (Å²) in [6.07, 6.45) is -0.430. The van der Waals surface area contributed by atoms with Crippen LogP contribution in [0.1, 0.15) is 48.0 Å². The molecule has 1 saturated heterocycles. The number of hydrogen-bond donors (Lipinski definition) is 0. The summed E-state index contributed by atoms with van der Waals surface area (Å²) in [5.41, 5.74) is 0.409. The van der Waals surface area contributed by atoms with Crippen LogP contribution in [-0.4, -0.2) is 31.4 Å². The van der Waals surface area contributed by atoms with Crippen molar-refractivity contribution in [1.29, 1.82) is 0 Å². The van der Waals surface area contributed by atoms with Gasteiger partial charge in [-0.1, -0.05) is 27.7 Å². The standard InChI is InChI=1S/C16H26O7/c1-10(7-16(4,5)6)8-19-15(18)20-9-11(2)21-13(17)12(3)14-22-23-14/h10-11H,7-9H2,1-6H3. The molecule has 0 N–H and O–H groups in total. The van der Waals surface area contributed by atoms with Crippen LogP contribution in [0, 0.1) is 11.3 Å². The molecule has 0 saturated carbocycles. The molecule has 7 heteroatoms. The van der Waals surface area contributed by atoms with Crippen LogP contribution in [0.15, 0.2) is 11.5 Å². The van der Waals surface area contributed by atoms with Crippen molar-refractivity contribution < 1.29 is 33.6 Å². The third-order valence-corrected chi connectivity index (χ3v) is 2.97. The summed E-state index contributed by atoms with van der Waals surface area (Å²) in [5.74, 6) is -0.193. The smallest absolute Gasteiger partial charge is 0.455 e. The van der Waals surface area contributed by atoms with E-state index in [4.69, 9.17) is 14.2 Å². The summed E-state index contributed by atoms with van der Waals surface area (Å²) >= 11 is 0. The Morgan fingerprint density at radius 3 is 2.17 bits per heavy atom. The lowest BCUT2D eigenvalue weighted by Gasteiger charge is -2.22. The van der Waals surface area contributed by atoms with Crippen LogP contribution in [0.4, 0.5) is 4.79 Å². The van der Waals surface area contributed by atoms with E-state index < -0.39 is 18.2 Å². The van der Waals surface area contributed by atoms with E-state index in [9.17, 15) is 9.59 Å². The lowest BCUT2D eigenvalue weighted by Crippen LogP contribution is -2.24. The highest BCUT2D eigenvalue weighted by Gasteiger charge is 2.29. The molecule has 23 heavy (non-hydrogen) atoms. The van der Waals surface area contributed by atoms with Gasteiger partial charge in [-0.25, -0.2) is 19.4 Å². The Bertz CT molecular complexity index is 456. The van der Waals surface area contributed by atoms with Gasteiger partial charge in [0.25, 0.3) is 0 Å². The van der Waals surface area contributed by atoms with Gasteiger partial charge in [0, 0.05) is 0 Å². The third-order valence-electron chi connectivity index (χ3n) is 2.97. The van der Waals surface area contributed by atoms with Crippen molar-refractivity contribution in [2.24, 2.45) is 11.3 Å². The summed E-state index contributed by atoms with van der Waals surface area (Å²) in [4.78, 5) is 32.0. The average Bonchev–Trinajstić information content (AvgIpc) is 3.24. The van der Waals surface area contributed by atoms with Gasteiger partial charge in [0.2, 0.25) is 0 Å². The number of rotatable bonds is 7. The Labute approximate surface area is 136 Å². The zero-order chi connectivity index (χ0) is 17.6. The first-order chi connectivity index (χ1) is 10.6. The van der Waals surface area contributed by atoms with Gasteiger partial charge >= 0.3 is 18.1 Å². The largest absolute Gasteiger partial charge is 0.508 e. The Hall–Kier alpha value is -1.92. The average molecular weight is 330 g/mol. The lowest BCUT2D eigenvalue weighted by molar-refractivity contribution is -0.145. The molecule has 2 unspecified atom stereocenters. The number of carbonyl (C=O) groups is 2. The molecule has 0 bridgehead atoms. The zero-order valence-electron chi connectivity index (χ0n) is 14.6. The van der Waals surface area contributed by atoms with Crippen LogP contribution >= 0.6 is 0 Å². The number of ether oxygens (including phenoxy) is 3. The second-order valence-corrected chi connectivity index (χ2v) is 7.04. The minimum Gasteiger partial charge on any atom is -0.455 e. The molecule has 1 fully saturated rings. The van der Waals surface area contributed by atoms with Gasteiger partial charge in [-0.3, -0.25) is 0 Å². The Morgan fingerprint density at radius 2 is 1.65 bits per heavy atom. The molecule has 1 rings (SSSR count). The van der Waals surface area contributed by atoms with Gasteiger partial charge in [0.05, 0.1) is 6.61 Å². The molecule has 1 heterocycles. The minimum atomic E-state index is -0.766. The van der Waals surface area contributed by atoms with E-state index in [0.29, 0.717) is 6.61 Å². The highest BCUT2D eigenvalue weighted by molar-refractivity contribution is 5.88. The van der Waals surface area contributed by atoms with Crippen molar-refractivity contribution in [3.8, 4) is 0 Å². The molecule has 0 aliphatic carbocycles. The molecule has 0 amide bonds. The Balaban J connectivity index is 2.20. The third kappa shape index (κ3) is 8.32. The van der Waals surface area contributed by atoms with E-state index in [1.807, 2.05) is 6.92 Å². The molecule has 1 aliphatic heterocycles. The molecule has 1 aliphatic rings. The van der Waals surface area contributed by atoms with Gasteiger partial charge in [0.1, 0.15) is 18.3 Å². The quantitative estimate of drug-likeness (QED) is 0.306. The van der Waals surface area contributed by atoms with Gasteiger partial charge in [-0.15, -0.1) is 0 Å². The maximum atomic E-state index is 11.6. The summed E-state index contributed by atoms with van der Waals surface area (Å²) < 4.78 is 15.0. The highest BCUT2D eigenvalue weighted by Crippen LogP contribution is 2.24. The van der Waals surface area contributed by atoms with Crippen molar-refractivity contribution in [2.45, 2.75) is 54.1 Å². The van der Waals surface area contributed by atoms with E-state index in [1.54, 1.807) is 6.92 Å².